The fourth-order valence-corrected chi connectivity index (χ4v) is 5.95. The van der Waals surface area contributed by atoms with E-state index in [-0.39, 0.29) is 24.3 Å². The van der Waals surface area contributed by atoms with Gasteiger partial charge in [-0.2, -0.15) is 5.10 Å². The van der Waals surface area contributed by atoms with Gasteiger partial charge in [-0.1, -0.05) is 30.3 Å². The van der Waals surface area contributed by atoms with Gasteiger partial charge in [0.25, 0.3) is 5.91 Å². The molecule has 10 heteroatoms. The number of carbonyl (C=O) groups is 3. The second-order valence-corrected chi connectivity index (χ2v) is 10.5. The Kier molecular flexibility index (Phi) is 6.42. The summed E-state index contributed by atoms with van der Waals surface area (Å²) in [5.41, 5.74) is 2.92. The molecule has 3 amide bonds. The number of carbonyl (C=O) groups excluding carboxylic acids is 3. The molecule has 3 heterocycles. The van der Waals surface area contributed by atoms with Gasteiger partial charge in [-0.15, -0.1) is 0 Å². The van der Waals surface area contributed by atoms with Gasteiger partial charge in [-0.3, -0.25) is 14.3 Å². The van der Waals surface area contributed by atoms with Gasteiger partial charge < -0.3 is 15.0 Å². The molecule has 6 rings (SSSR count). The molecule has 39 heavy (non-hydrogen) atoms. The second-order valence-electron chi connectivity index (χ2n) is 10.5. The number of benzene rings is 2. The molecule has 1 atom stereocenters. The zero-order chi connectivity index (χ0) is 27.1. The van der Waals surface area contributed by atoms with Crippen molar-refractivity contribution in [3.05, 3.63) is 77.4 Å². The average molecular weight is 532 g/mol. The van der Waals surface area contributed by atoms with Gasteiger partial charge in [0, 0.05) is 43.4 Å². The molecule has 0 bridgehead atoms. The molecule has 1 aromatic heterocycles. The molecule has 3 aliphatic rings. The van der Waals surface area contributed by atoms with E-state index >= 15 is 0 Å². The summed E-state index contributed by atoms with van der Waals surface area (Å²) < 4.78 is 21.0. The summed E-state index contributed by atoms with van der Waals surface area (Å²) in [6.45, 7) is 1.41. The smallest absolute Gasteiger partial charge is 0.418 e. The average Bonchev–Trinajstić information content (AvgIpc) is 3.61. The van der Waals surface area contributed by atoms with Gasteiger partial charge in [0.05, 0.1) is 6.20 Å². The normalized spacial score (nSPS) is 20.9. The Balaban J connectivity index is 1.23. The van der Waals surface area contributed by atoms with E-state index in [9.17, 15) is 18.8 Å². The van der Waals surface area contributed by atoms with Crippen LogP contribution in [0.25, 0.3) is 11.1 Å². The third-order valence-corrected chi connectivity index (χ3v) is 8.03. The molecule has 2 saturated heterocycles. The van der Waals surface area contributed by atoms with Crippen molar-refractivity contribution < 1.29 is 23.5 Å². The lowest BCUT2D eigenvalue weighted by Gasteiger charge is -2.35. The number of aromatic nitrogens is 2. The number of ether oxygens (including phenoxy) is 1. The van der Waals surface area contributed by atoms with Crippen molar-refractivity contribution in [3.8, 4) is 11.1 Å². The maximum Gasteiger partial charge on any atom is 0.418 e. The van der Waals surface area contributed by atoms with E-state index in [1.165, 1.54) is 12.1 Å². The fraction of sp³-hybridized carbons (Fsp3) is 0.379. The first-order valence-corrected chi connectivity index (χ1v) is 13.3. The summed E-state index contributed by atoms with van der Waals surface area (Å²) in [5.74, 6) is -1.18. The molecule has 202 valence electrons. The number of piperidine rings is 1. The minimum Gasteiger partial charge on any atom is -0.427 e. The Hall–Kier alpha value is -4.05. The van der Waals surface area contributed by atoms with Gasteiger partial charge in [0.2, 0.25) is 11.5 Å². The van der Waals surface area contributed by atoms with Crippen LogP contribution in [0.15, 0.2) is 54.9 Å². The first-order chi connectivity index (χ1) is 18.8. The summed E-state index contributed by atoms with van der Waals surface area (Å²) >= 11 is 0. The highest BCUT2D eigenvalue weighted by molar-refractivity contribution is 6.06. The van der Waals surface area contributed by atoms with Crippen LogP contribution >= 0.6 is 0 Å². The molecule has 2 aliphatic heterocycles. The third kappa shape index (κ3) is 4.58. The maximum atomic E-state index is 13.7. The minimum absolute atomic E-state index is 0.0513. The number of rotatable bonds is 6. The molecule has 3 aromatic rings. The van der Waals surface area contributed by atoms with E-state index in [2.05, 4.69) is 10.4 Å². The summed E-state index contributed by atoms with van der Waals surface area (Å²) in [6, 6.07) is 11.7. The van der Waals surface area contributed by atoms with Crippen LogP contribution in [0.4, 0.5) is 9.18 Å². The monoisotopic (exact) mass is 531 g/mol. The number of imide groups is 1. The largest absolute Gasteiger partial charge is 0.427 e. The molecular formula is C29H30FN5O4. The highest BCUT2D eigenvalue weighted by Crippen LogP contribution is 2.46. The summed E-state index contributed by atoms with van der Waals surface area (Å²) in [4.78, 5) is 43.1. The van der Waals surface area contributed by atoms with Gasteiger partial charge in [-0.05, 0) is 61.2 Å². The second kappa shape index (κ2) is 9.92. The molecule has 2 fully saturated rings. The number of halogens is 1. The van der Waals surface area contributed by atoms with Crippen LogP contribution in [0.3, 0.4) is 0 Å². The number of fused-ring (bicyclic) bond motifs is 2. The van der Waals surface area contributed by atoms with Gasteiger partial charge >= 0.3 is 6.09 Å². The molecule has 9 nitrogen and oxygen atoms in total. The Morgan fingerprint density at radius 3 is 2.64 bits per heavy atom. The lowest BCUT2D eigenvalue weighted by atomic mass is 9.93. The topological polar surface area (TPSA) is 96.8 Å². The molecule has 0 radical (unpaired) electrons. The first-order valence-electron chi connectivity index (χ1n) is 13.3. The van der Waals surface area contributed by atoms with E-state index < -0.39 is 24.1 Å². The maximum absolute atomic E-state index is 13.7. The fourth-order valence-electron chi connectivity index (χ4n) is 5.95. The number of nitrogens with one attached hydrogen (secondary N) is 1. The molecule has 1 N–H and O–H groups in total. The first kappa shape index (κ1) is 25.2. The van der Waals surface area contributed by atoms with Crippen molar-refractivity contribution in [3.63, 3.8) is 0 Å². The number of hydrogen-bond acceptors (Lipinski definition) is 6. The van der Waals surface area contributed by atoms with Crippen molar-refractivity contribution >= 4 is 17.9 Å². The number of nitrogens with zero attached hydrogens (tertiary/aromatic N) is 4. The van der Waals surface area contributed by atoms with E-state index in [0.717, 1.165) is 53.1 Å². The van der Waals surface area contributed by atoms with E-state index in [1.807, 2.05) is 31.4 Å². The predicted octanol–water partition coefficient (Wildman–Crippen LogP) is 3.13. The Morgan fingerprint density at radius 2 is 1.92 bits per heavy atom. The predicted molar refractivity (Wildman–Crippen MR) is 140 cm³/mol. The number of aryl methyl sites for hydroxylation is 2. The quantitative estimate of drug-likeness (QED) is 0.525. The lowest BCUT2D eigenvalue weighted by Crippen LogP contribution is -2.50. The van der Waals surface area contributed by atoms with Crippen LogP contribution in [0, 0.1) is 5.82 Å². The summed E-state index contributed by atoms with van der Waals surface area (Å²) in [7, 11) is 1.85. The molecule has 0 saturated carbocycles. The van der Waals surface area contributed by atoms with E-state index in [1.54, 1.807) is 27.9 Å². The lowest BCUT2D eigenvalue weighted by molar-refractivity contribution is -0.143. The van der Waals surface area contributed by atoms with Gasteiger partial charge in [0.15, 0.2) is 0 Å². The van der Waals surface area contributed by atoms with Crippen molar-refractivity contribution in [2.45, 2.75) is 43.9 Å². The Morgan fingerprint density at radius 1 is 1.15 bits per heavy atom. The molecule has 1 unspecified atom stereocenters. The number of amides is 3. The Bertz CT molecular complexity index is 1430. The van der Waals surface area contributed by atoms with Crippen LogP contribution in [0.2, 0.25) is 0 Å². The van der Waals surface area contributed by atoms with Crippen LogP contribution in [0.1, 0.15) is 36.0 Å². The van der Waals surface area contributed by atoms with Crippen molar-refractivity contribution in [1.82, 2.24) is 24.9 Å². The third-order valence-electron chi connectivity index (χ3n) is 8.03. The number of hydrogen-bond donors (Lipinski definition) is 1. The van der Waals surface area contributed by atoms with Crippen molar-refractivity contribution in [2.24, 2.45) is 7.05 Å². The van der Waals surface area contributed by atoms with Crippen molar-refractivity contribution in [2.75, 3.05) is 19.6 Å². The van der Waals surface area contributed by atoms with Crippen LogP contribution < -0.4 is 5.32 Å². The molecule has 1 aliphatic carbocycles. The molecule has 2 aromatic carbocycles. The van der Waals surface area contributed by atoms with Crippen LogP contribution in [-0.4, -0.2) is 63.2 Å². The Labute approximate surface area is 225 Å². The van der Waals surface area contributed by atoms with Crippen LogP contribution in [-0.2, 0) is 39.9 Å². The van der Waals surface area contributed by atoms with E-state index in [0.29, 0.717) is 18.4 Å². The van der Waals surface area contributed by atoms with Crippen LogP contribution in [0.5, 0.6) is 0 Å². The molecule has 1 spiro atoms. The highest BCUT2D eigenvalue weighted by Gasteiger charge is 2.58. The zero-order valence-electron chi connectivity index (χ0n) is 21.7. The SMILES string of the molecule is Cn1cc(-c2ccc3c(c2)CCC32OC(=O)N(CC(=O)N(Cc3ccc(F)cc3)C3CCNCC3)C2=O)cn1. The van der Waals surface area contributed by atoms with Crippen molar-refractivity contribution in [1.29, 1.82) is 0 Å². The zero-order valence-corrected chi connectivity index (χ0v) is 21.7. The van der Waals surface area contributed by atoms with E-state index in [4.69, 9.17) is 4.74 Å². The molecular weight excluding hydrogens is 501 g/mol. The highest BCUT2D eigenvalue weighted by atomic mass is 19.1. The standard InChI is InChI=1S/C29H30FN5O4/c1-33-17-22(15-32-33)20-4-7-25-21(14-20)8-11-29(25)27(37)35(28(38)39-29)18-26(36)34(24-9-12-31-13-10-24)16-19-2-5-23(30)6-3-19/h2-7,14-15,17,24,31H,8-13,16,18H2,1H3. The van der Waals surface area contributed by atoms with Gasteiger partial charge in [0.1, 0.15) is 12.4 Å². The summed E-state index contributed by atoms with van der Waals surface area (Å²) in [6.07, 6.45) is 5.31. The minimum atomic E-state index is -1.41. The summed E-state index contributed by atoms with van der Waals surface area (Å²) in [5, 5.41) is 7.52. The van der Waals surface area contributed by atoms with Gasteiger partial charge in [-0.25, -0.2) is 14.1 Å².